The average molecular weight is 393 g/mol. The third-order valence-electron chi connectivity index (χ3n) is 4.48. The topological polar surface area (TPSA) is 123 Å². The van der Waals surface area contributed by atoms with E-state index in [0.717, 1.165) is 4.90 Å². The molecule has 10 nitrogen and oxygen atoms in total. The minimum absolute atomic E-state index is 0.183. The highest BCUT2D eigenvalue weighted by molar-refractivity contribution is 6.21. The Morgan fingerprint density at radius 1 is 1.17 bits per heavy atom. The van der Waals surface area contributed by atoms with Gasteiger partial charge in [-0.15, -0.1) is 0 Å². The molecule has 0 aliphatic carbocycles. The molecule has 1 N–H and O–H groups in total. The standard InChI is InChI=1S/C19H15N5O5/c1-10-15(16-20-6-3-7-24(16)22-10)19(28)29-9-14(25)21-11-4-5-12-13(8-11)18(27)23(2)17(12)26/h3-8H,9H2,1-2H3,(H,21,25). The third-order valence-corrected chi connectivity index (χ3v) is 4.48. The lowest BCUT2D eigenvalue weighted by atomic mass is 10.1. The molecule has 29 heavy (non-hydrogen) atoms. The van der Waals surface area contributed by atoms with E-state index in [1.54, 1.807) is 19.2 Å². The van der Waals surface area contributed by atoms with E-state index in [4.69, 9.17) is 4.74 Å². The minimum atomic E-state index is -0.720. The number of aryl methyl sites for hydroxylation is 1. The number of hydrogen-bond acceptors (Lipinski definition) is 7. The number of aromatic nitrogens is 3. The van der Waals surface area contributed by atoms with Gasteiger partial charge < -0.3 is 10.1 Å². The number of imide groups is 1. The van der Waals surface area contributed by atoms with Crippen molar-refractivity contribution in [3.63, 3.8) is 0 Å². The number of carbonyl (C=O) groups is 4. The number of nitrogens with zero attached hydrogens (tertiary/aromatic N) is 4. The van der Waals surface area contributed by atoms with Crippen molar-refractivity contribution < 1.29 is 23.9 Å². The summed E-state index contributed by atoms with van der Waals surface area (Å²) in [6.45, 7) is 1.11. The number of fused-ring (bicyclic) bond motifs is 2. The molecule has 0 unspecified atom stereocenters. The monoisotopic (exact) mass is 393 g/mol. The van der Waals surface area contributed by atoms with Gasteiger partial charge >= 0.3 is 5.97 Å². The average Bonchev–Trinajstić information content (AvgIpc) is 3.15. The van der Waals surface area contributed by atoms with Crippen LogP contribution in [0.4, 0.5) is 5.69 Å². The maximum absolute atomic E-state index is 12.4. The van der Waals surface area contributed by atoms with Crippen LogP contribution in [0.5, 0.6) is 0 Å². The predicted octanol–water partition coefficient (Wildman–Crippen LogP) is 1.06. The number of ether oxygens (including phenoxy) is 1. The highest BCUT2D eigenvalue weighted by Crippen LogP contribution is 2.24. The Bertz CT molecular complexity index is 1200. The van der Waals surface area contributed by atoms with Crippen molar-refractivity contribution in [2.75, 3.05) is 19.0 Å². The summed E-state index contributed by atoms with van der Waals surface area (Å²) in [5.41, 5.74) is 1.75. The second-order valence-corrected chi connectivity index (χ2v) is 6.40. The quantitative estimate of drug-likeness (QED) is 0.519. The summed E-state index contributed by atoms with van der Waals surface area (Å²) in [6.07, 6.45) is 3.17. The van der Waals surface area contributed by atoms with Crippen molar-refractivity contribution in [2.24, 2.45) is 0 Å². The van der Waals surface area contributed by atoms with Crippen LogP contribution in [0.3, 0.4) is 0 Å². The van der Waals surface area contributed by atoms with Gasteiger partial charge in [0.15, 0.2) is 12.3 Å². The fourth-order valence-electron chi connectivity index (χ4n) is 3.07. The van der Waals surface area contributed by atoms with E-state index in [0.29, 0.717) is 17.0 Å². The molecule has 146 valence electrons. The lowest BCUT2D eigenvalue weighted by molar-refractivity contribution is -0.119. The second-order valence-electron chi connectivity index (χ2n) is 6.40. The zero-order valence-electron chi connectivity index (χ0n) is 15.5. The number of nitrogens with one attached hydrogen (secondary N) is 1. The van der Waals surface area contributed by atoms with E-state index in [2.05, 4.69) is 15.4 Å². The van der Waals surface area contributed by atoms with Crippen molar-refractivity contribution in [3.05, 3.63) is 59.0 Å². The van der Waals surface area contributed by atoms with E-state index < -0.39 is 30.3 Å². The second kappa shape index (κ2) is 6.82. The van der Waals surface area contributed by atoms with Gasteiger partial charge in [0.25, 0.3) is 17.7 Å². The predicted molar refractivity (Wildman–Crippen MR) is 99.5 cm³/mol. The number of benzene rings is 1. The number of amides is 3. The molecule has 1 aliphatic heterocycles. The molecule has 10 heteroatoms. The van der Waals surface area contributed by atoms with Gasteiger partial charge in [-0.2, -0.15) is 5.10 Å². The van der Waals surface area contributed by atoms with Crippen molar-refractivity contribution in [1.82, 2.24) is 19.5 Å². The summed E-state index contributed by atoms with van der Waals surface area (Å²) in [4.78, 5) is 53.6. The van der Waals surface area contributed by atoms with Gasteiger partial charge in [-0.05, 0) is 31.2 Å². The van der Waals surface area contributed by atoms with Crippen LogP contribution in [0.15, 0.2) is 36.7 Å². The van der Waals surface area contributed by atoms with E-state index in [9.17, 15) is 19.2 Å². The summed E-state index contributed by atoms with van der Waals surface area (Å²) in [7, 11) is 1.39. The molecular weight excluding hydrogens is 378 g/mol. The van der Waals surface area contributed by atoms with Gasteiger partial charge in [0.05, 0.1) is 16.8 Å². The molecule has 3 amide bonds. The van der Waals surface area contributed by atoms with Gasteiger partial charge in [0.1, 0.15) is 5.56 Å². The Morgan fingerprint density at radius 3 is 2.72 bits per heavy atom. The summed E-state index contributed by atoms with van der Waals surface area (Å²) >= 11 is 0. The van der Waals surface area contributed by atoms with Crippen LogP contribution < -0.4 is 5.32 Å². The smallest absolute Gasteiger partial charge is 0.344 e. The van der Waals surface area contributed by atoms with Crippen LogP contribution in [0.1, 0.15) is 36.8 Å². The molecule has 0 spiro atoms. The van der Waals surface area contributed by atoms with E-state index in [-0.39, 0.29) is 16.7 Å². The molecule has 0 saturated carbocycles. The molecule has 1 aliphatic rings. The lowest BCUT2D eigenvalue weighted by Crippen LogP contribution is -2.24. The number of esters is 1. The first-order valence-corrected chi connectivity index (χ1v) is 8.60. The summed E-state index contributed by atoms with van der Waals surface area (Å²) in [5, 5.41) is 6.71. The first-order valence-electron chi connectivity index (χ1n) is 8.60. The largest absolute Gasteiger partial charge is 0.452 e. The SMILES string of the molecule is Cc1nn2cccnc2c1C(=O)OCC(=O)Nc1ccc2c(c1)C(=O)N(C)C2=O. The van der Waals surface area contributed by atoms with Crippen molar-refractivity contribution in [2.45, 2.75) is 6.92 Å². The molecule has 0 fully saturated rings. The Morgan fingerprint density at radius 2 is 1.93 bits per heavy atom. The Labute approximate surface area is 164 Å². The molecule has 4 rings (SSSR count). The molecule has 3 aromatic rings. The van der Waals surface area contributed by atoms with Crippen molar-refractivity contribution >= 4 is 35.0 Å². The van der Waals surface area contributed by atoms with Crippen LogP contribution in [-0.2, 0) is 9.53 Å². The van der Waals surface area contributed by atoms with Crippen LogP contribution >= 0.6 is 0 Å². The Balaban J connectivity index is 1.43. The molecule has 1 aromatic carbocycles. The Hall–Kier alpha value is -4.08. The van der Waals surface area contributed by atoms with Gasteiger partial charge in [-0.1, -0.05) is 0 Å². The Kier molecular flexibility index (Phi) is 4.30. The highest BCUT2D eigenvalue weighted by atomic mass is 16.5. The number of hydrogen-bond donors (Lipinski definition) is 1. The van der Waals surface area contributed by atoms with Crippen LogP contribution in [0, 0.1) is 6.92 Å². The zero-order valence-corrected chi connectivity index (χ0v) is 15.5. The lowest BCUT2D eigenvalue weighted by Gasteiger charge is -2.07. The van der Waals surface area contributed by atoms with Crippen LogP contribution in [-0.4, -0.2) is 56.8 Å². The minimum Gasteiger partial charge on any atom is -0.452 e. The number of rotatable bonds is 4. The molecule has 3 heterocycles. The molecule has 0 radical (unpaired) electrons. The molecular formula is C19H15N5O5. The molecule has 0 atom stereocenters. The van der Waals surface area contributed by atoms with Crippen LogP contribution in [0.25, 0.3) is 5.65 Å². The molecule has 2 aromatic heterocycles. The van der Waals surface area contributed by atoms with Gasteiger partial charge in [-0.3, -0.25) is 19.3 Å². The summed E-state index contributed by atoms with van der Waals surface area (Å²) < 4.78 is 6.53. The summed E-state index contributed by atoms with van der Waals surface area (Å²) in [5.74, 6) is -2.15. The normalized spacial score (nSPS) is 13.0. The fourth-order valence-corrected chi connectivity index (χ4v) is 3.07. The van der Waals surface area contributed by atoms with Gasteiger partial charge in [0, 0.05) is 25.1 Å². The van der Waals surface area contributed by atoms with E-state index in [1.165, 1.54) is 36.0 Å². The fraction of sp³-hybridized carbons (Fsp3) is 0.158. The van der Waals surface area contributed by atoms with Gasteiger partial charge in [-0.25, -0.2) is 14.3 Å². The van der Waals surface area contributed by atoms with E-state index >= 15 is 0 Å². The first-order chi connectivity index (χ1) is 13.9. The third kappa shape index (κ3) is 3.10. The highest BCUT2D eigenvalue weighted by Gasteiger charge is 2.32. The van der Waals surface area contributed by atoms with Crippen LogP contribution in [0.2, 0.25) is 0 Å². The molecule has 0 bridgehead atoms. The zero-order chi connectivity index (χ0) is 20.7. The van der Waals surface area contributed by atoms with Gasteiger partial charge in [0.2, 0.25) is 0 Å². The number of anilines is 1. The summed E-state index contributed by atoms with van der Waals surface area (Å²) in [6, 6.07) is 6.06. The van der Waals surface area contributed by atoms with Crippen molar-refractivity contribution in [3.8, 4) is 0 Å². The number of carbonyl (C=O) groups excluding carboxylic acids is 4. The van der Waals surface area contributed by atoms with E-state index in [1.807, 2.05) is 0 Å². The molecule has 0 saturated heterocycles. The first kappa shape index (κ1) is 18.3. The maximum Gasteiger partial charge on any atom is 0.344 e. The van der Waals surface area contributed by atoms with Crippen molar-refractivity contribution in [1.29, 1.82) is 0 Å². The maximum atomic E-state index is 12.4.